The summed E-state index contributed by atoms with van der Waals surface area (Å²) in [6.07, 6.45) is 8.37. The summed E-state index contributed by atoms with van der Waals surface area (Å²) in [5.74, 6) is 0. The van der Waals surface area contributed by atoms with Crippen molar-refractivity contribution < 1.29 is 0 Å². The van der Waals surface area contributed by atoms with E-state index < -0.39 is 0 Å². The predicted octanol–water partition coefficient (Wildman–Crippen LogP) is 13.3. The van der Waals surface area contributed by atoms with Crippen LogP contribution in [-0.2, 0) is 0 Å². The molecule has 1 nitrogen and oxygen atoms in total. The first-order chi connectivity index (χ1) is 24.7. The molecule has 236 valence electrons. The van der Waals surface area contributed by atoms with Crippen LogP contribution in [0.25, 0.3) is 72.3 Å². The van der Waals surface area contributed by atoms with E-state index in [4.69, 9.17) is 0 Å². The fraction of sp³-hybridized carbons (Fsp3) is 0.0408. The van der Waals surface area contributed by atoms with Gasteiger partial charge in [-0.3, -0.25) is 0 Å². The molecule has 0 fully saturated rings. The molecule has 1 aliphatic carbocycles. The topological polar surface area (TPSA) is 23.8 Å². The summed E-state index contributed by atoms with van der Waals surface area (Å²) in [4.78, 5) is 0. The molecule has 0 N–H and O–H groups in total. The lowest BCUT2D eigenvalue weighted by Gasteiger charge is -2.17. The first-order valence-corrected chi connectivity index (χ1v) is 17.2. The van der Waals surface area contributed by atoms with Crippen molar-refractivity contribution in [2.75, 3.05) is 0 Å². The molecule has 0 saturated heterocycles. The zero-order chi connectivity index (χ0) is 33.7. The highest BCUT2D eigenvalue weighted by molar-refractivity contribution is 5.88. The molecule has 1 heteroatoms. The molecule has 0 unspecified atom stereocenters. The maximum Gasteiger partial charge on any atom is 0.100 e. The molecule has 0 aliphatic heterocycles. The molecular weight excluding hydrogens is 603 g/mol. The van der Waals surface area contributed by atoms with E-state index in [1.165, 1.54) is 39.0 Å². The molecule has 0 atom stereocenters. The minimum atomic E-state index is 0.736. The second-order valence-corrected chi connectivity index (χ2v) is 12.8. The Morgan fingerprint density at radius 3 is 1.22 bits per heavy atom. The van der Waals surface area contributed by atoms with Gasteiger partial charge in [-0.2, -0.15) is 5.26 Å². The molecule has 0 radical (unpaired) electrons. The largest absolute Gasteiger partial charge is 0.192 e. The van der Waals surface area contributed by atoms with Crippen LogP contribution in [0, 0.1) is 11.3 Å². The monoisotopic (exact) mass is 637 g/mol. The first kappa shape index (κ1) is 30.8. The Bertz CT molecular complexity index is 2420. The quantitative estimate of drug-likeness (QED) is 0.171. The Labute approximate surface area is 294 Å². The van der Waals surface area contributed by atoms with Gasteiger partial charge in [0.2, 0.25) is 0 Å². The number of benzene rings is 7. The Kier molecular flexibility index (Phi) is 8.59. The van der Waals surface area contributed by atoms with Crippen molar-refractivity contribution in [1.82, 2.24) is 0 Å². The van der Waals surface area contributed by atoms with Crippen LogP contribution in [-0.4, -0.2) is 0 Å². The van der Waals surface area contributed by atoms with Gasteiger partial charge in [-0.15, -0.1) is 0 Å². The number of hydrogen-bond acceptors (Lipinski definition) is 1. The van der Waals surface area contributed by atoms with E-state index in [0.29, 0.717) is 0 Å². The summed E-state index contributed by atoms with van der Waals surface area (Å²) in [5, 5.41) is 10.4. The SMILES string of the molecule is N#Cc1c(C2=CC=CCC2)cc(-c2cccc(-c3cccc(-c4cccc(-c5cccc(-c6ccccc6)c5)c4)c3)c2)cc1-c1ccccc1. The number of rotatable bonds is 7. The van der Waals surface area contributed by atoms with Crippen LogP contribution in [0.15, 0.2) is 188 Å². The third-order valence-corrected chi connectivity index (χ3v) is 9.59. The third-order valence-electron chi connectivity index (χ3n) is 9.59. The van der Waals surface area contributed by atoms with Crippen molar-refractivity contribution in [3.8, 4) is 72.8 Å². The molecule has 0 amide bonds. The van der Waals surface area contributed by atoms with Crippen LogP contribution in [0.4, 0.5) is 0 Å². The summed E-state index contributed by atoms with van der Waals surface area (Å²) in [5.41, 5.74) is 16.7. The van der Waals surface area contributed by atoms with E-state index in [0.717, 1.165) is 57.3 Å². The average Bonchev–Trinajstić information content (AvgIpc) is 3.21. The summed E-state index contributed by atoms with van der Waals surface area (Å²) in [7, 11) is 0. The molecule has 0 aromatic heterocycles. The van der Waals surface area contributed by atoms with Gasteiger partial charge < -0.3 is 0 Å². The fourth-order valence-electron chi connectivity index (χ4n) is 7.00. The molecule has 0 saturated carbocycles. The van der Waals surface area contributed by atoms with E-state index >= 15 is 0 Å². The van der Waals surface area contributed by atoms with E-state index in [1.54, 1.807) is 0 Å². The minimum absolute atomic E-state index is 0.736. The van der Waals surface area contributed by atoms with Gasteiger partial charge in [0, 0.05) is 5.56 Å². The molecule has 1 aliphatic rings. The smallest absolute Gasteiger partial charge is 0.100 e. The fourth-order valence-corrected chi connectivity index (χ4v) is 7.00. The van der Waals surface area contributed by atoms with Crippen LogP contribution in [0.1, 0.15) is 24.0 Å². The molecule has 8 rings (SSSR count). The summed E-state index contributed by atoms with van der Waals surface area (Å²) >= 11 is 0. The standard InChI is InChI=1S/C49H35N/c50-34-49-47(36-16-6-2-7-17-36)32-46(33-48(49)37-18-8-3-9-19-37)45-27-13-26-44(31-45)43-25-12-24-42(30-43)41-23-11-22-40(29-41)39-21-10-20-38(28-39)35-14-4-1-5-15-35/h1-8,10-18,20-33H,9,19H2. The third kappa shape index (κ3) is 6.36. The summed E-state index contributed by atoms with van der Waals surface area (Å²) in [6.45, 7) is 0. The Balaban J connectivity index is 1.16. The summed E-state index contributed by atoms with van der Waals surface area (Å²) in [6, 6.07) is 63.0. The molecule has 7 aromatic carbocycles. The highest BCUT2D eigenvalue weighted by Crippen LogP contribution is 2.39. The van der Waals surface area contributed by atoms with Crippen LogP contribution in [0.3, 0.4) is 0 Å². The number of allylic oxidation sites excluding steroid dienone is 4. The summed E-state index contributed by atoms with van der Waals surface area (Å²) < 4.78 is 0. The van der Waals surface area contributed by atoms with Crippen molar-refractivity contribution in [2.24, 2.45) is 0 Å². The Morgan fingerprint density at radius 1 is 0.380 bits per heavy atom. The van der Waals surface area contributed by atoms with E-state index in [2.05, 4.69) is 176 Å². The molecule has 0 heterocycles. The molecule has 50 heavy (non-hydrogen) atoms. The van der Waals surface area contributed by atoms with Crippen molar-refractivity contribution >= 4 is 5.57 Å². The zero-order valence-electron chi connectivity index (χ0n) is 27.8. The lowest BCUT2D eigenvalue weighted by molar-refractivity contribution is 1.05. The highest BCUT2D eigenvalue weighted by Gasteiger charge is 2.17. The van der Waals surface area contributed by atoms with Crippen molar-refractivity contribution in [3.63, 3.8) is 0 Å². The Morgan fingerprint density at radius 2 is 0.780 bits per heavy atom. The van der Waals surface area contributed by atoms with Crippen LogP contribution < -0.4 is 0 Å². The van der Waals surface area contributed by atoms with Gasteiger partial charge in [0.1, 0.15) is 6.07 Å². The van der Waals surface area contributed by atoms with Gasteiger partial charge in [-0.05, 0) is 122 Å². The van der Waals surface area contributed by atoms with E-state index in [9.17, 15) is 5.26 Å². The van der Waals surface area contributed by atoms with Gasteiger partial charge in [-0.1, -0.05) is 152 Å². The van der Waals surface area contributed by atoms with Crippen molar-refractivity contribution in [2.45, 2.75) is 12.8 Å². The maximum absolute atomic E-state index is 10.4. The second-order valence-electron chi connectivity index (χ2n) is 12.8. The van der Waals surface area contributed by atoms with Crippen molar-refractivity contribution in [3.05, 3.63) is 199 Å². The van der Waals surface area contributed by atoms with Crippen LogP contribution in [0.2, 0.25) is 0 Å². The van der Waals surface area contributed by atoms with Gasteiger partial charge in [0.05, 0.1) is 5.56 Å². The molecule has 0 bridgehead atoms. The van der Waals surface area contributed by atoms with E-state index in [-0.39, 0.29) is 0 Å². The van der Waals surface area contributed by atoms with Gasteiger partial charge >= 0.3 is 0 Å². The molecule has 0 spiro atoms. The predicted molar refractivity (Wildman–Crippen MR) is 210 cm³/mol. The molecule has 7 aromatic rings. The first-order valence-electron chi connectivity index (χ1n) is 17.2. The number of nitrogens with zero attached hydrogens (tertiary/aromatic N) is 1. The molecular formula is C49H35N. The van der Waals surface area contributed by atoms with Crippen LogP contribution in [0.5, 0.6) is 0 Å². The number of hydrogen-bond donors (Lipinski definition) is 0. The van der Waals surface area contributed by atoms with Crippen LogP contribution >= 0.6 is 0 Å². The second kappa shape index (κ2) is 13.9. The Hall–Kier alpha value is -6.49. The average molecular weight is 638 g/mol. The number of nitriles is 1. The van der Waals surface area contributed by atoms with Gasteiger partial charge in [0.25, 0.3) is 0 Å². The maximum atomic E-state index is 10.4. The zero-order valence-corrected chi connectivity index (χ0v) is 27.8. The minimum Gasteiger partial charge on any atom is -0.192 e. The highest BCUT2D eigenvalue weighted by atomic mass is 14.3. The van der Waals surface area contributed by atoms with Gasteiger partial charge in [-0.25, -0.2) is 0 Å². The lowest BCUT2D eigenvalue weighted by Crippen LogP contribution is -1.97. The van der Waals surface area contributed by atoms with Crippen molar-refractivity contribution in [1.29, 1.82) is 5.26 Å². The lowest BCUT2D eigenvalue weighted by atomic mass is 9.85. The van der Waals surface area contributed by atoms with E-state index in [1.807, 2.05) is 18.2 Å². The van der Waals surface area contributed by atoms with Gasteiger partial charge in [0.15, 0.2) is 0 Å². The normalized spacial score (nSPS) is 12.3.